The van der Waals surface area contributed by atoms with Gasteiger partial charge in [-0.3, -0.25) is 4.79 Å². The third-order valence-corrected chi connectivity index (χ3v) is 5.01. The molecule has 0 bridgehead atoms. The zero-order valence-corrected chi connectivity index (χ0v) is 16.8. The summed E-state index contributed by atoms with van der Waals surface area (Å²) < 4.78 is 24.4. The van der Waals surface area contributed by atoms with Gasteiger partial charge in [0.05, 0.1) is 45.0 Å². The highest BCUT2D eigenvalue weighted by Gasteiger charge is 2.40. The Kier molecular flexibility index (Phi) is 5.64. The normalized spacial score (nSPS) is 14.4. The first-order valence-corrected chi connectivity index (χ1v) is 9.62. The van der Waals surface area contributed by atoms with Gasteiger partial charge in [0, 0.05) is 0 Å². The summed E-state index contributed by atoms with van der Waals surface area (Å²) in [6.07, 6.45) is 1.59. The summed E-state index contributed by atoms with van der Waals surface area (Å²) in [5.74, 6) is 0.575. The summed E-state index contributed by atoms with van der Waals surface area (Å²) in [7, 11) is 1.51. The van der Waals surface area contributed by atoms with Crippen molar-refractivity contribution in [1.82, 2.24) is 15.0 Å². The van der Waals surface area contributed by atoms with Crippen LogP contribution < -0.4 is 10.1 Å². The van der Waals surface area contributed by atoms with Crippen LogP contribution in [0.5, 0.6) is 5.75 Å². The zero-order chi connectivity index (χ0) is 21.8. The lowest BCUT2D eigenvalue weighted by Crippen LogP contribution is -2.42. The minimum Gasteiger partial charge on any atom is -0.495 e. The van der Waals surface area contributed by atoms with E-state index in [4.69, 9.17) is 9.47 Å². The van der Waals surface area contributed by atoms with Crippen LogP contribution in [0.25, 0.3) is 0 Å². The number of aromatic nitrogens is 3. The fraction of sp³-hybridized carbons (Fsp3) is 0.273. The van der Waals surface area contributed by atoms with Gasteiger partial charge in [0.15, 0.2) is 11.5 Å². The minimum absolute atomic E-state index is 0.0663. The average molecular weight is 421 g/mol. The standard InChI is InChI=1S/C22H20FN5O3/c1-30-19-7-4-16(8-17(19)10-24)12-28-25-11-20(27-28)26-21(29)9-15-2-5-18(6-3-15)22(23)13-31-14-22/h2-8,11H,9,12-14H2,1H3,(H,26,27,29). The number of nitrogens with zero attached hydrogens (tertiary/aromatic N) is 4. The second-order valence-electron chi connectivity index (χ2n) is 7.29. The zero-order valence-electron chi connectivity index (χ0n) is 16.8. The highest BCUT2D eigenvalue weighted by molar-refractivity contribution is 5.91. The lowest BCUT2D eigenvalue weighted by Gasteiger charge is -2.34. The molecule has 3 aromatic rings. The number of amides is 1. The van der Waals surface area contributed by atoms with Crippen LogP contribution in [0, 0.1) is 11.3 Å². The SMILES string of the molecule is COc1ccc(Cn2ncc(NC(=O)Cc3ccc(C4(F)COC4)cc3)n2)cc1C#N. The Balaban J connectivity index is 1.34. The largest absolute Gasteiger partial charge is 0.495 e. The molecule has 0 aliphatic carbocycles. The van der Waals surface area contributed by atoms with E-state index in [2.05, 4.69) is 21.6 Å². The van der Waals surface area contributed by atoms with E-state index in [1.807, 2.05) is 6.07 Å². The van der Waals surface area contributed by atoms with E-state index in [1.54, 1.807) is 36.4 Å². The molecule has 0 unspecified atom stereocenters. The van der Waals surface area contributed by atoms with Crippen molar-refractivity contribution in [2.24, 2.45) is 0 Å². The van der Waals surface area contributed by atoms with E-state index in [9.17, 15) is 14.4 Å². The van der Waals surface area contributed by atoms with E-state index in [0.29, 0.717) is 29.2 Å². The van der Waals surface area contributed by atoms with E-state index < -0.39 is 5.67 Å². The number of alkyl halides is 1. The van der Waals surface area contributed by atoms with E-state index in [1.165, 1.54) is 18.1 Å². The topological polar surface area (TPSA) is 102 Å². The van der Waals surface area contributed by atoms with Crippen LogP contribution in [0.1, 0.15) is 22.3 Å². The number of hydrogen-bond acceptors (Lipinski definition) is 6. The molecule has 0 saturated carbocycles. The second kappa shape index (κ2) is 8.53. The predicted octanol–water partition coefficient (Wildman–Crippen LogP) is 2.58. The first-order valence-electron chi connectivity index (χ1n) is 9.62. The quantitative estimate of drug-likeness (QED) is 0.629. The van der Waals surface area contributed by atoms with Crippen LogP contribution in [-0.2, 0) is 28.2 Å². The molecule has 1 saturated heterocycles. The molecular formula is C22H20FN5O3. The highest BCUT2D eigenvalue weighted by Crippen LogP contribution is 2.33. The van der Waals surface area contributed by atoms with E-state index in [-0.39, 0.29) is 25.5 Å². The Bertz CT molecular complexity index is 1130. The first kappa shape index (κ1) is 20.5. The van der Waals surface area contributed by atoms with Crippen molar-refractivity contribution in [2.45, 2.75) is 18.6 Å². The Morgan fingerprint density at radius 2 is 2.03 bits per heavy atom. The van der Waals surface area contributed by atoms with Crippen LogP contribution in [0.4, 0.5) is 10.2 Å². The number of nitriles is 1. The molecule has 1 aliphatic heterocycles. The molecule has 158 valence electrons. The number of ether oxygens (including phenoxy) is 2. The summed E-state index contributed by atoms with van der Waals surface area (Å²) in [5.41, 5.74) is 1.16. The van der Waals surface area contributed by atoms with Gasteiger partial charge in [-0.1, -0.05) is 30.3 Å². The number of hydrogen-bond donors (Lipinski definition) is 1. The van der Waals surface area contributed by atoms with Crippen LogP contribution >= 0.6 is 0 Å². The maximum absolute atomic E-state index is 14.3. The van der Waals surface area contributed by atoms with Gasteiger partial charge in [-0.15, -0.1) is 5.10 Å². The van der Waals surface area contributed by atoms with Crippen LogP contribution in [0.15, 0.2) is 48.7 Å². The van der Waals surface area contributed by atoms with Gasteiger partial charge in [0.25, 0.3) is 0 Å². The number of rotatable bonds is 7. The Morgan fingerprint density at radius 3 is 2.68 bits per heavy atom. The summed E-state index contributed by atoms with van der Waals surface area (Å²) in [4.78, 5) is 13.7. The lowest BCUT2D eigenvalue weighted by molar-refractivity contribution is -0.135. The number of methoxy groups -OCH3 is 1. The molecule has 2 heterocycles. The number of carbonyl (C=O) groups excluding carboxylic acids is 1. The van der Waals surface area contributed by atoms with Gasteiger partial charge in [0.2, 0.25) is 5.91 Å². The molecule has 0 radical (unpaired) electrons. The van der Waals surface area contributed by atoms with Gasteiger partial charge in [-0.05, 0) is 28.8 Å². The van der Waals surface area contributed by atoms with Crippen molar-refractivity contribution < 1.29 is 18.7 Å². The number of halogens is 1. The molecule has 2 aromatic carbocycles. The Hall–Kier alpha value is -3.77. The van der Waals surface area contributed by atoms with Gasteiger partial charge in [0.1, 0.15) is 11.8 Å². The van der Waals surface area contributed by atoms with Crippen LogP contribution in [0.2, 0.25) is 0 Å². The lowest BCUT2D eigenvalue weighted by atomic mass is 9.93. The molecule has 1 aromatic heterocycles. The molecule has 1 aliphatic rings. The predicted molar refractivity (Wildman–Crippen MR) is 109 cm³/mol. The van der Waals surface area contributed by atoms with Gasteiger partial charge < -0.3 is 14.8 Å². The molecule has 31 heavy (non-hydrogen) atoms. The number of benzene rings is 2. The third-order valence-electron chi connectivity index (χ3n) is 5.01. The molecule has 0 spiro atoms. The fourth-order valence-corrected chi connectivity index (χ4v) is 3.28. The van der Waals surface area contributed by atoms with Crippen molar-refractivity contribution in [2.75, 3.05) is 25.6 Å². The maximum Gasteiger partial charge on any atom is 0.230 e. The maximum atomic E-state index is 14.3. The first-order chi connectivity index (χ1) is 15.0. The van der Waals surface area contributed by atoms with Crippen molar-refractivity contribution >= 4 is 11.7 Å². The third kappa shape index (κ3) is 4.54. The number of nitrogens with one attached hydrogen (secondary N) is 1. The molecule has 9 heteroatoms. The van der Waals surface area contributed by atoms with E-state index in [0.717, 1.165) is 11.1 Å². The fourth-order valence-electron chi connectivity index (χ4n) is 3.28. The average Bonchev–Trinajstić information content (AvgIpc) is 3.18. The molecule has 8 nitrogen and oxygen atoms in total. The van der Waals surface area contributed by atoms with Gasteiger partial charge in [-0.2, -0.15) is 15.2 Å². The van der Waals surface area contributed by atoms with Crippen molar-refractivity contribution in [3.05, 3.63) is 70.9 Å². The Morgan fingerprint density at radius 1 is 1.29 bits per heavy atom. The summed E-state index contributed by atoms with van der Waals surface area (Å²) in [6, 6.07) is 14.2. The van der Waals surface area contributed by atoms with Crippen molar-refractivity contribution in [1.29, 1.82) is 5.26 Å². The summed E-state index contributed by atoms with van der Waals surface area (Å²) in [6.45, 7) is 0.471. The molecular weight excluding hydrogens is 401 g/mol. The Labute approximate surface area is 178 Å². The highest BCUT2D eigenvalue weighted by atomic mass is 19.1. The molecule has 1 fully saturated rings. The molecule has 0 atom stereocenters. The van der Waals surface area contributed by atoms with Crippen molar-refractivity contribution in [3.63, 3.8) is 0 Å². The smallest absolute Gasteiger partial charge is 0.230 e. The summed E-state index contributed by atoms with van der Waals surface area (Å²) >= 11 is 0. The van der Waals surface area contributed by atoms with Crippen LogP contribution in [-0.4, -0.2) is 41.2 Å². The van der Waals surface area contributed by atoms with E-state index >= 15 is 0 Å². The monoisotopic (exact) mass is 421 g/mol. The summed E-state index contributed by atoms with van der Waals surface area (Å²) in [5, 5.41) is 20.3. The number of anilines is 1. The van der Waals surface area contributed by atoms with Crippen molar-refractivity contribution in [3.8, 4) is 11.8 Å². The van der Waals surface area contributed by atoms with Gasteiger partial charge >= 0.3 is 0 Å². The number of carbonyl (C=O) groups is 1. The second-order valence-corrected chi connectivity index (χ2v) is 7.29. The molecule has 1 N–H and O–H groups in total. The molecule has 1 amide bonds. The molecule has 4 rings (SSSR count). The van der Waals surface area contributed by atoms with Crippen LogP contribution in [0.3, 0.4) is 0 Å². The van der Waals surface area contributed by atoms with Gasteiger partial charge in [-0.25, -0.2) is 4.39 Å². The minimum atomic E-state index is -1.42.